The van der Waals surface area contributed by atoms with Gasteiger partial charge in [0.25, 0.3) is 17.7 Å². The number of carbonyl (C=O) groups excluding carboxylic acids is 11. The number of ether oxygens (including phenoxy) is 2. The minimum absolute atomic E-state index is 0.0131. The van der Waals surface area contributed by atoms with Crippen molar-refractivity contribution in [2.24, 2.45) is 29.6 Å². The normalized spacial score (nSPS) is 15.5. The van der Waals surface area contributed by atoms with Gasteiger partial charge >= 0.3 is 11.9 Å². The van der Waals surface area contributed by atoms with Crippen molar-refractivity contribution in [2.75, 3.05) is 46.7 Å². The fourth-order valence-electron chi connectivity index (χ4n) is 10.4. The second-order valence-corrected chi connectivity index (χ2v) is 29.9. The van der Waals surface area contributed by atoms with Gasteiger partial charge in [0.2, 0.25) is 17.7 Å². The van der Waals surface area contributed by atoms with Gasteiger partial charge in [-0.25, -0.2) is 9.78 Å². The quantitative estimate of drug-likeness (QED) is 0.0241. The molecule has 24 heteroatoms. The number of hydroxylamine groups is 2. The van der Waals surface area contributed by atoms with Gasteiger partial charge in [-0.2, -0.15) is 0 Å². The number of imide groups is 1. The second-order valence-electron chi connectivity index (χ2n) is 26.0. The number of methoxy groups -OCH3 is 1. The topological polar surface area (TPSA) is 274 Å². The molecule has 1 aliphatic heterocycles. The maximum atomic E-state index is 14.9. The van der Waals surface area contributed by atoms with E-state index in [0.717, 1.165) is 11.1 Å². The molecule has 1 aromatic carbocycles. The zero-order valence-electron chi connectivity index (χ0n) is 57.0. The Labute approximate surface area is 552 Å². The molecule has 0 saturated carbocycles. The van der Waals surface area contributed by atoms with Crippen molar-refractivity contribution in [3.05, 3.63) is 51.5 Å². The summed E-state index contributed by atoms with van der Waals surface area (Å²) in [6.45, 7) is 25.4. The Morgan fingerprint density at radius 1 is 0.835 bits per heavy atom. The number of nitrogens with zero attached hydrogens (tertiary/aromatic N) is 4. The molecule has 21 nitrogen and oxygen atoms in total. The smallest absolute Gasteiger partial charge is 0.333 e. The van der Waals surface area contributed by atoms with Gasteiger partial charge in [0.15, 0.2) is 17.7 Å². The Hall–Kier alpha value is -5.56. The first-order valence-corrected chi connectivity index (χ1v) is 35.4. The predicted molar refractivity (Wildman–Crippen MR) is 356 cm³/mol. The van der Waals surface area contributed by atoms with Crippen LogP contribution in [0, 0.1) is 36.5 Å². The number of unbranched alkanes of at least 4 members (excludes halogenated alkanes) is 1. The highest BCUT2D eigenvalue weighted by Gasteiger charge is 2.41. The molecular formula is C67H105N7O14S3. The van der Waals surface area contributed by atoms with Crippen molar-refractivity contribution in [2.45, 2.75) is 227 Å². The lowest BCUT2D eigenvalue weighted by atomic mass is 9.81. The standard InChI is InChI=1S/C67H105N7O14S3/c1-17-33-73(65(85)50(44(6)18-2)38-57(78)67(12,13)72(14)15)53(42(3)4)39-56(87-47(9)75)64-71-52(40-89-64)63(84)69-49(37-48-26-24-43(5)25-27-48)35-45(7)55(77)36-46(8)62(83)70-51(54(76)23-21-34-86-16)22-19-20-32-68-58(79)41-90-91-66(10,11)31-30-61(82)88-74-59(80)28-29-60(74)81/h24-27,40,42,44-46,49-51,53,56H,17-23,28-39,41H2,1-16H3,(H,68,79)(H,69,84)(H,70,83)/t44?,45?,46?,49-,50+,51?,53-,56-/m1/s1. The number of carbonyl (C=O) groups is 11. The van der Waals surface area contributed by atoms with Crippen molar-refractivity contribution in [1.82, 2.24) is 35.8 Å². The van der Waals surface area contributed by atoms with Crippen LogP contribution < -0.4 is 16.0 Å². The fraction of sp³-hybridized carbons (Fsp3) is 0.701. The molecule has 0 spiro atoms. The van der Waals surface area contributed by atoms with Crippen LogP contribution in [0.2, 0.25) is 0 Å². The molecule has 0 aliphatic carbocycles. The molecule has 0 radical (unpaired) electrons. The molecule has 4 unspecified atom stereocenters. The molecule has 1 aromatic heterocycles. The lowest BCUT2D eigenvalue weighted by Gasteiger charge is -2.40. The highest BCUT2D eigenvalue weighted by atomic mass is 33.1. The number of hydrogen-bond acceptors (Lipinski definition) is 19. The van der Waals surface area contributed by atoms with Crippen molar-refractivity contribution < 1.29 is 67.1 Å². The van der Waals surface area contributed by atoms with Gasteiger partial charge in [-0.1, -0.05) is 106 Å². The number of nitrogens with one attached hydrogen (secondary N) is 3. The molecule has 1 saturated heterocycles. The van der Waals surface area contributed by atoms with E-state index in [1.807, 2.05) is 117 Å². The first-order valence-electron chi connectivity index (χ1n) is 32.2. The van der Waals surface area contributed by atoms with E-state index in [4.69, 9.17) is 19.3 Å². The van der Waals surface area contributed by atoms with E-state index in [0.29, 0.717) is 81.1 Å². The van der Waals surface area contributed by atoms with Crippen molar-refractivity contribution in [1.29, 1.82) is 0 Å². The number of aryl methyl sites for hydroxylation is 1. The first-order chi connectivity index (χ1) is 42.7. The van der Waals surface area contributed by atoms with E-state index < -0.39 is 87.8 Å². The zero-order chi connectivity index (χ0) is 68.3. The molecule has 1 aliphatic rings. The number of Topliss-reactive ketones (excluding diaryl/α,β-unsaturated/α-hetero) is 3. The van der Waals surface area contributed by atoms with Gasteiger partial charge in [0.1, 0.15) is 16.5 Å². The summed E-state index contributed by atoms with van der Waals surface area (Å²) in [6, 6.07) is 6.09. The molecule has 3 N–H and O–H groups in total. The summed E-state index contributed by atoms with van der Waals surface area (Å²) in [5.74, 6) is -5.97. The Kier molecular flexibility index (Phi) is 34.3. The Bertz CT molecular complexity index is 2740. The number of likely N-dealkylation sites (N-methyl/N-ethyl adjacent to an activating group) is 1. The predicted octanol–water partition coefficient (Wildman–Crippen LogP) is 9.95. The van der Waals surface area contributed by atoms with Crippen LogP contribution >= 0.6 is 32.9 Å². The number of benzene rings is 1. The number of rotatable bonds is 44. The summed E-state index contributed by atoms with van der Waals surface area (Å²) in [5.41, 5.74) is 1.29. The molecule has 6 amide bonds. The number of ketones is 3. The summed E-state index contributed by atoms with van der Waals surface area (Å²) in [5, 5.41) is 11.4. The maximum absolute atomic E-state index is 14.9. The van der Waals surface area contributed by atoms with Crippen molar-refractivity contribution in [3.63, 3.8) is 0 Å². The van der Waals surface area contributed by atoms with Gasteiger partial charge in [-0.3, -0.25) is 52.8 Å². The summed E-state index contributed by atoms with van der Waals surface area (Å²) < 4.78 is 10.7. The second kappa shape index (κ2) is 39.2. The lowest BCUT2D eigenvalue weighted by molar-refractivity contribution is -0.197. The Morgan fingerprint density at radius 3 is 2.09 bits per heavy atom. The van der Waals surface area contributed by atoms with Gasteiger partial charge in [-0.15, -0.1) is 16.4 Å². The average Bonchev–Trinajstić information content (AvgIpc) is 1.75. The van der Waals surface area contributed by atoms with E-state index in [2.05, 4.69) is 16.0 Å². The fourth-order valence-corrected chi connectivity index (χ4v) is 13.7. The van der Waals surface area contributed by atoms with Crippen molar-refractivity contribution >= 4 is 97.7 Å². The van der Waals surface area contributed by atoms with E-state index in [9.17, 15) is 52.7 Å². The largest absolute Gasteiger partial charge is 0.455 e. The number of esters is 1. The third-order valence-electron chi connectivity index (χ3n) is 17.0. The molecule has 1 fully saturated rings. The monoisotopic (exact) mass is 1330 g/mol. The van der Waals surface area contributed by atoms with E-state index in [1.54, 1.807) is 26.3 Å². The van der Waals surface area contributed by atoms with Crippen LogP contribution in [0.1, 0.15) is 212 Å². The highest BCUT2D eigenvalue weighted by Crippen LogP contribution is 2.39. The third kappa shape index (κ3) is 27.1. The van der Waals surface area contributed by atoms with E-state index in [1.165, 1.54) is 39.8 Å². The van der Waals surface area contributed by atoms with Crippen LogP contribution in [0.4, 0.5) is 0 Å². The average molecular weight is 1330 g/mol. The third-order valence-corrected chi connectivity index (χ3v) is 21.1. The summed E-state index contributed by atoms with van der Waals surface area (Å²) in [6.07, 6.45) is 3.59. The van der Waals surface area contributed by atoms with Gasteiger partial charge in [0.05, 0.1) is 17.3 Å². The number of aromatic nitrogens is 1. The van der Waals surface area contributed by atoms with Crippen LogP contribution in [0.25, 0.3) is 0 Å². The number of amides is 6. The summed E-state index contributed by atoms with van der Waals surface area (Å²) in [7, 11) is 8.00. The minimum Gasteiger partial charge on any atom is -0.455 e. The molecular weight excluding hydrogens is 1220 g/mol. The van der Waals surface area contributed by atoms with Crippen LogP contribution in [0.15, 0.2) is 29.6 Å². The van der Waals surface area contributed by atoms with Crippen LogP contribution in [-0.2, 0) is 68.7 Å². The Balaban J connectivity index is 1.69. The molecule has 91 heavy (non-hydrogen) atoms. The highest BCUT2D eigenvalue weighted by molar-refractivity contribution is 8.77. The van der Waals surface area contributed by atoms with Gasteiger partial charge < -0.3 is 35.2 Å². The summed E-state index contributed by atoms with van der Waals surface area (Å²) in [4.78, 5) is 159. The van der Waals surface area contributed by atoms with Gasteiger partial charge in [-0.05, 0) is 117 Å². The van der Waals surface area contributed by atoms with E-state index >= 15 is 0 Å². The summed E-state index contributed by atoms with van der Waals surface area (Å²) >= 11 is 1.17. The number of thiazole rings is 1. The van der Waals surface area contributed by atoms with Crippen LogP contribution in [0.5, 0.6) is 0 Å². The van der Waals surface area contributed by atoms with Crippen molar-refractivity contribution in [3.8, 4) is 0 Å². The first kappa shape index (κ1) is 79.7. The zero-order valence-corrected chi connectivity index (χ0v) is 59.4. The van der Waals surface area contributed by atoms with E-state index in [-0.39, 0.29) is 104 Å². The lowest BCUT2D eigenvalue weighted by Crippen LogP contribution is -2.51. The minimum atomic E-state index is -0.906. The molecule has 2 aromatic rings. The molecule has 510 valence electrons. The van der Waals surface area contributed by atoms with Crippen LogP contribution in [-0.4, -0.2) is 160 Å². The SMILES string of the molecule is CCCN(C(=O)[C@@H](CC(=O)C(C)(C)N(C)C)C(C)CC)[C@H](C[C@@H](OC(C)=O)c1nc(C(=O)N[C@@H](Cc2ccc(C)cc2)CC(C)C(=O)CC(C)C(=O)NC(CCCCNC(=O)CSSC(C)(C)CCC(=O)ON2C(=O)CCC2=O)C(=O)CCCOC)cs1)C(C)C. The van der Waals surface area contributed by atoms with Crippen LogP contribution in [0.3, 0.4) is 0 Å². The van der Waals surface area contributed by atoms with Gasteiger partial charge in [0, 0.05) is 119 Å². The molecule has 3 rings (SSSR count). The Morgan fingerprint density at radius 2 is 1.49 bits per heavy atom. The molecule has 8 atom stereocenters. The molecule has 2 heterocycles. The number of hydrogen-bond donors (Lipinski definition) is 3. The maximum Gasteiger partial charge on any atom is 0.333 e. The molecule has 0 bridgehead atoms.